The normalized spacial score (nSPS) is 29.4. The molecule has 1 heterocycles. The van der Waals surface area contributed by atoms with Crippen molar-refractivity contribution in [2.75, 3.05) is 13.6 Å². The van der Waals surface area contributed by atoms with Crippen LogP contribution in [0.5, 0.6) is 0 Å². The Labute approximate surface area is 145 Å². The van der Waals surface area contributed by atoms with Crippen molar-refractivity contribution < 1.29 is 18.8 Å². The molecule has 5 nitrogen and oxygen atoms in total. The summed E-state index contributed by atoms with van der Waals surface area (Å²) < 4.78 is 13.0. The van der Waals surface area contributed by atoms with Gasteiger partial charge in [0.25, 0.3) is 0 Å². The quantitative estimate of drug-likeness (QED) is 0.617. The Morgan fingerprint density at radius 2 is 1.68 bits per heavy atom. The number of hydrogen-bond donors (Lipinski definition) is 0. The molecule has 0 radical (unpaired) electrons. The molecular weight excluding hydrogens is 323 g/mol. The van der Waals surface area contributed by atoms with Gasteiger partial charge in [0.1, 0.15) is 12.4 Å². The largest absolute Gasteiger partial charge is 0.340 e. The highest BCUT2D eigenvalue weighted by atomic mass is 19.1. The average Bonchev–Trinajstić information content (AvgIpc) is 3.26. The molecule has 3 aliphatic rings. The molecule has 4 unspecified atom stereocenters. The Bertz CT molecular complexity index is 743. The van der Waals surface area contributed by atoms with Gasteiger partial charge in [-0.1, -0.05) is 24.3 Å². The summed E-state index contributed by atoms with van der Waals surface area (Å²) in [6.45, 7) is 0.0802. The molecule has 1 aromatic rings. The molecule has 2 fully saturated rings. The van der Waals surface area contributed by atoms with E-state index in [1.54, 1.807) is 19.2 Å². The van der Waals surface area contributed by atoms with E-state index in [-0.39, 0.29) is 53.8 Å². The zero-order chi connectivity index (χ0) is 17.7. The lowest BCUT2D eigenvalue weighted by Crippen LogP contribution is -2.42. The minimum atomic E-state index is -0.333. The Kier molecular flexibility index (Phi) is 3.71. The number of likely N-dealkylation sites (tertiary alicyclic amines) is 1. The summed E-state index contributed by atoms with van der Waals surface area (Å²) in [5, 5.41) is 0. The third-order valence-electron chi connectivity index (χ3n) is 5.61. The van der Waals surface area contributed by atoms with E-state index < -0.39 is 0 Å². The minimum Gasteiger partial charge on any atom is -0.340 e. The van der Waals surface area contributed by atoms with Gasteiger partial charge in [-0.15, -0.1) is 0 Å². The van der Waals surface area contributed by atoms with Crippen LogP contribution in [0.1, 0.15) is 12.0 Å². The number of carbonyl (C=O) groups is 3. The van der Waals surface area contributed by atoms with Gasteiger partial charge >= 0.3 is 0 Å². The van der Waals surface area contributed by atoms with Gasteiger partial charge in [-0.05, 0) is 36.0 Å². The highest BCUT2D eigenvalue weighted by Gasteiger charge is 2.59. The van der Waals surface area contributed by atoms with Crippen LogP contribution in [0.2, 0.25) is 0 Å². The molecule has 1 saturated heterocycles. The van der Waals surface area contributed by atoms with Crippen LogP contribution in [0.15, 0.2) is 36.4 Å². The second-order valence-corrected chi connectivity index (χ2v) is 7.14. The number of rotatable bonds is 4. The maximum atomic E-state index is 13.0. The molecule has 1 aliphatic heterocycles. The summed E-state index contributed by atoms with van der Waals surface area (Å²) in [7, 11) is 1.61. The van der Waals surface area contributed by atoms with Crippen LogP contribution in [0.25, 0.3) is 0 Å². The fraction of sp³-hybridized carbons (Fsp3) is 0.421. The van der Waals surface area contributed by atoms with Gasteiger partial charge in [0.05, 0.1) is 11.8 Å². The first-order valence-corrected chi connectivity index (χ1v) is 8.47. The highest BCUT2D eigenvalue weighted by Crippen LogP contribution is 2.52. The van der Waals surface area contributed by atoms with Crippen molar-refractivity contribution in [1.82, 2.24) is 9.80 Å². The van der Waals surface area contributed by atoms with Gasteiger partial charge in [-0.2, -0.15) is 0 Å². The molecule has 4 atom stereocenters. The third kappa shape index (κ3) is 2.56. The van der Waals surface area contributed by atoms with Gasteiger partial charge in [0.15, 0.2) is 0 Å². The lowest BCUT2D eigenvalue weighted by atomic mass is 9.85. The van der Waals surface area contributed by atoms with Crippen molar-refractivity contribution in [3.63, 3.8) is 0 Å². The summed E-state index contributed by atoms with van der Waals surface area (Å²) in [5.41, 5.74) is 0.787. The van der Waals surface area contributed by atoms with Crippen LogP contribution >= 0.6 is 0 Å². The van der Waals surface area contributed by atoms with E-state index in [2.05, 4.69) is 0 Å². The first-order valence-electron chi connectivity index (χ1n) is 8.47. The van der Waals surface area contributed by atoms with E-state index in [1.165, 1.54) is 17.0 Å². The molecule has 6 heteroatoms. The number of carbonyl (C=O) groups excluding carboxylic acids is 3. The number of nitrogens with zero attached hydrogens (tertiary/aromatic N) is 2. The fourth-order valence-electron chi connectivity index (χ4n) is 4.33. The van der Waals surface area contributed by atoms with Crippen molar-refractivity contribution in [2.45, 2.75) is 13.0 Å². The molecular formula is C19H19FN2O3. The Balaban J connectivity index is 1.42. The van der Waals surface area contributed by atoms with Crippen molar-refractivity contribution in [2.24, 2.45) is 23.7 Å². The summed E-state index contributed by atoms with van der Waals surface area (Å²) in [4.78, 5) is 40.2. The van der Waals surface area contributed by atoms with E-state index in [0.29, 0.717) is 6.54 Å². The highest BCUT2D eigenvalue weighted by molar-refractivity contribution is 6.08. The number of amides is 3. The van der Waals surface area contributed by atoms with Crippen LogP contribution < -0.4 is 0 Å². The zero-order valence-corrected chi connectivity index (χ0v) is 13.9. The maximum Gasteiger partial charge on any atom is 0.242 e. The summed E-state index contributed by atoms with van der Waals surface area (Å²) in [5.74, 6) is -1.33. The molecule has 0 spiro atoms. The molecule has 130 valence electrons. The van der Waals surface area contributed by atoms with Gasteiger partial charge in [0.2, 0.25) is 17.7 Å². The van der Waals surface area contributed by atoms with Crippen LogP contribution in [0.3, 0.4) is 0 Å². The van der Waals surface area contributed by atoms with Crippen LogP contribution in [0.4, 0.5) is 4.39 Å². The first-order chi connectivity index (χ1) is 12.0. The fourth-order valence-corrected chi connectivity index (χ4v) is 4.33. The number of likely N-dealkylation sites (N-methyl/N-ethyl adjacent to an activating group) is 1. The summed E-state index contributed by atoms with van der Waals surface area (Å²) in [6.07, 6.45) is 4.94. The third-order valence-corrected chi connectivity index (χ3v) is 5.61. The Morgan fingerprint density at radius 1 is 1.12 bits per heavy atom. The van der Waals surface area contributed by atoms with Crippen LogP contribution in [0, 0.1) is 29.5 Å². The molecule has 0 N–H and O–H groups in total. The zero-order valence-electron chi connectivity index (χ0n) is 13.9. The van der Waals surface area contributed by atoms with E-state index in [0.717, 1.165) is 16.9 Å². The number of allylic oxidation sites excluding steroid dienone is 2. The molecule has 4 rings (SSSR count). The van der Waals surface area contributed by atoms with E-state index in [1.807, 2.05) is 12.2 Å². The monoisotopic (exact) mass is 342 g/mol. The average molecular weight is 342 g/mol. The molecule has 25 heavy (non-hydrogen) atoms. The smallest absolute Gasteiger partial charge is 0.242 e. The minimum absolute atomic E-state index is 0.142. The number of hydrogen-bond acceptors (Lipinski definition) is 3. The number of fused-ring (bicyclic) bond motifs is 5. The van der Waals surface area contributed by atoms with Crippen molar-refractivity contribution >= 4 is 17.7 Å². The van der Waals surface area contributed by atoms with Gasteiger partial charge in [-0.25, -0.2) is 4.39 Å². The van der Waals surface area contributed by atoms with Crippen LogP contribution in [-0.4, -0.2) is 41.1 Å². The van der Waals surface area contributed by atoms with E-state index in [4.69, 9.17) is 0 Å². The lowest BCUT2D eigenvalue weighted by molar-refractivity contribution is -0.146. The van der Waals surface area contributed by atoms with E-state index >= 15 is 0 Å². The topological polar surface area (TPSA) is 57.7 Å². The van der Waals surface area contributed by atoms with Crippen molar-refractivity contribution in [1.29, 1.82) is 0 Å². The molecule has 0 aromatic heterocycles. The van der Waals surface area contributed by atoms with Crippen LogP contribution in [-0.2, 0) is 20.9 Å². The van der Waals surface area contributed by atoms with Gasteiger partial charge < -0.3 is 4.90 Å². The predicted molar refractivity (Wildman–Crippen MR) is 87.3 cm³/mol. The van der Waals surface area contributed by atoms with Crippen molar-refractivity contribution in [3.05, 3.63) is 47.8 Å². The van der Waals surface area contributed by atoms with Crippen molar-refractivity contribution in [3.8, 4) is 0 Å². The maximum absolute atomic E-state index is 13.0. The Hall–Kier alpha value is -2.50. The standard InChI is InChI=1S/C19H19FN2O3/c1-21(9-11-2-6-14(20)7-3-11)15(23)10-22-18(24)16-12-4-5-13(8-12)17(16)19(22)25/h2-7,12-13,16-17H,8-10H2,1H3. The second kappa shape index (κ2) is 5.79. The predicted octanol–water partition coefficient (Wildman–Crippen LogP) is 1.59. The SMILES string of the molecule is CN(Cc1ccc(F)cc1)C(=O)CN1C(=O)C2C3C=CC(C3)C2C1=O. The summed E-state index contributed by atoms with van der Waals surface area (Å²) >= 11 is 0. The number of benzene rings is 1. The molecule has 3 amide bonds. The Morgan fingerprint density at radius 3 is 2.24 bits per heavy atom. The first kappa shape index (κ1) is 16.0. The summed E-state index contributed by atoms with van der Waals surface area (Å²) in [6, 6.07) is 5.90. The molecule has 1 aromatic carbocycles. The number of halogens is 1. The molecule has 1 saturated carbocycles. The molecule has 2 bridgehead atoms. The van der Waals surface area contributed by atoms with Gasteiger partial charge in [-0.3, -0.25) is 19.3 Å². The van der Waals surface area contributed by atoms with Gasteiger partial charge in [0, 0.05) is 13.6 Å². The lowest BCUT2D eigenvalue weighted by Gasteiger charge is -2.22. The van der Waals surface area contributed by atoms with E-state index in [9.17, 15) is 18.8 Å². The number of imide groups is 1. The molecule has 2 aliphatic carbocycles. The second-order valence-electron chi connectivity index (χ2n) is 7.14.